The van der Waals surface area contributed by atoms with Crippen molar-refractivity contribution >= 4 is 17.5 Å². The second kappa shape index (κ2) is 9.72. The molecule has 0 unspecified atom stereocenters. The van der Waals surface area contributed by atoms with E-state index >= 15 is 4.39 Å². The molecule has 0 bridgehead atoms. The molecule has 3 aromatic carbocycles. The van der Waals surface area contributed by atoms with E-state index < -0.39 is 0 Å². The van der Waals surface area contributed by atoms with Crippen molar-refractivity contribution in [2.75, 3.05) is 6.54 Å². The number of benzene rings is 3. The lowest BCUT2D eigenvalue weighted by Gasteiger charge is -2.24. The van der Waals surface area contributed by atoms with Crippen LogP contribution in [0.1, 0.15) is 30.9 Å². The van der Waals surface area contributed by atoms with Gasteiger partial charge in [0.2, 0.25) is 5.91 Å². The van der Waals surface area contributed by atoms with Crippen LogP contribution in [0, 0.1) is 5.82 Å². The number of hydrogen-bond donors (Lipinski definition) is 3. The molecular formula is C26H26ClFN2O2. The number of aryl methyl sites for hydroxylation is 1. The van der Waals surface area contributed by atoms with E-state index in [1.165, 1.54) is 6.07 Å². The maximum atomic E-state index is 15.2. The van der Waals surface area contributed by atoms with Gasteiger partial charge in [-0.05, 0) is 36.1 Å². The largest absolute Gasteiger partial charge is 0.507 e. The molecule has 0 aliphatic carbocycles. The van der Waals surface area contributed by atoms with Crippen LogP contribution in [0.4, 0.5) is 4.39 Å². The second-order valence-electron chi connectivity index (χ2n) is 8.05. The lowest BCUT2D eigenvalue weighted by Crippen LogP contribution is -2.45. The van der Waals surface area contributed by atoms with E-state index in [2.05, 4.69) is 10.6 Å². The number of para-hydroxylation sites is 1. The number of phenolic OH excluding ortho intramolecular Hbond substituents is 1. The van der Waals surface area contributed by atoms with Crippen molar-refractivity contribution in [2.24, 2.45) is 0 Å². The zero-order valence-corrected chi connectivity index (χ0v) is 18.7. The van der Waals surface area contributed by atoms with Crippen LogP contribution in [0.5, 0.6) is 5.75 Å². The number of carbonyl (C=O) groups is 1. The summed E-state index contributed by atoms with van der Waals surface area (Å²) in [7, 11) is 0. The Labute approximate surface area is 192 Å². The number of aromatic hydroxyl groups is 1. The van der Waals surface area contributed by atoms with Gasteiger partial charge in [0.1, 0.15) is 11.6 Å². The molecule has 1 aliphatic heterocycles. The van der Waals surface area contributed by atoms with Crippen LogP contribution in [-0.2, 0) is 17.8 Å². The Morgan fingerprint density at radius 1 is 1.12 bits per heavy atom. The molecule has 32 heavy (non-hydrogen) atoms. The lowest BCUT2D eigenvalue weighted by atomic mass is 9.94. The molecule has 0 aromatic heterocycles. The molecule has 1 fully saturated rings. The summed E-state index contributed by atoms with van der Waals surface area (Å²) in [4.78, 5) is 11.3. The molecule has 1 aliphatic rings. The molecule has 1 saturated heterocycles. The topological polar surface area (TPSA) is 61.4 Å². The van der Waals surface area contributed by atoms with E-state index in [-0.39, 0.29) is 23.5 Å². The minimum absolute atomic E-state index is 0.0655. The maximum Gasteiger partial charge on any atom is 0.220 e. The first-order valence-electron chi connectivity index (χ1n) is 10.9. The first-order valence-corrected chi connectivity index (χ1v) is 11.2. The Kier molecular flexibility index (Phi) is 6.77. The van der Waals surface area contributed by atoms with Gasteiger partial charge in [0, 0.05) is 47.8 Å². The number of phenols is 1. The fourth-order valence-electron chi connectivity index (χ4n) is 4.18. The number of hydrogen-bond acceptors (Lipinski definition) is 3. The molecule has 0 saturated carbocycles. The Morgan fingerprint density at radius 2 is 1.88 bits per heavy atom. The zero-order valence-electron chi connectivity index (χ0n) is 17.9. The van der Waals surface area contributed by atoms with E-state index in [0.717, 1.165) is 17.5 Å². The molecule has 3 N–H and O–H groups in total. The Balaban J connectivity index is 1.64. The van der Waals surface area contributed by atoms with Crippen LogP contribution in [0.25, 0.3) is 22.3 Å². The predicted molar refractivity (Wildman–Crippen MR) is 126 cm³/mol. The summed E-state index contributed by atoms with van der Waals surface area (Å²) < 4.78 is 15.2. The summed E-state index contributed by atoms with van der Waals surface area (Å²) in [5.41, 5.74) is 4.31. The van der Waals surface area contributed by atoms with Gasteiger partial charge in [-0.3, -0.25) is 4.79 Å². The minimum atomic E-state index is -0.282. The molecule has 1 heterocycles. The molecule has 3 aromatic rings. The van der Waals surface area contributed by atoms with Crippen LogP contribution < -0.4 is 10.6 Å². The SMILES string of the molecule is CCc1cc(-c2cccc(-c3ccccc3O)c2Cl)cc(F)c1CN[C@@H]1CCC(=O)NC1. The maximum absolute atomic E-state index is 15.2. The predicted octanol–water partition coefficient (Wildman–Crippen LogP) is 5.45. The van der Waals surface area contributed by atoms with Crippen LogP contribution in [0.15, 0.2) is 54.6 Å². The van der Waals surface area contributed by atoms with Crippen molar-refractivity contribution in [3.63, 3.8) is 0 Å². The van der Waals surface area contributed by atoms with Crippen LogP contribution in [0.3, 0.4) is 0 Å². The average molecular weight is 453 g/mol. The lowest BCUT2D eigenvalue weighted by molar-refractivity contribution is -0.122. The highest BCUT2D eigenvalue weighted by Gasteiger charge is 2.20. The smallest absolute Gasteiger partial charge is 0.220 e. The van der Waals surface area contributed by atoms with E-state index in [9.17, 15) is 9.90 Å². The normalized spacial score (nSPS) is 16.1. The van der Waals surface area contributed by atoms with Gasteiger partial charge in [0.05, 0.1) is 5.02 Å². The number of rotatable bonds is 6. The van der Waals surface area contributed by atoms with Gasteiger partial charge in [-0.15, -0.1) is 0 Å². The molecule has 0 radical (unpaired) electrons. The first kappa shape index (κ1) is 22.3. The Bertz CT molecular complexity index is 1140. The Morgan fingerprint density at radius 3 is 2.59 bits per heavy atom. The van der Waals surface area contributed by atoms with Gasteiger partial charge in [-0.2, -0.15) is 0 Å². The van der Waals surface area contributed by atoms with Crippen LogP contribution in [-0.4, -0.2) is 23.6 Å². The molecule has 1 atom stereocenters. The summed E-state index contributed by atoms with van der Waals surface area (Å²) in [6.07, 6.45) is 1.92. The Hall–Kier alpha value is -2.89. The molecule has 166 valence electrons. The fraction of sp³-hybridized carbons (Fsp3) is 0.269. The summed E-state index contributed by atoms with van der Waals surface area (Å²) in [6.45, 7) is 2.97. The van der Waals surface area contributed by atoms with Gasteiger partial charge >= 0.3 is 0 Å². The third kappa shape index (κ3) is 4.64. The third-order valence-corrected chi connectivity index (χ3v) is 6.41. The number of amides is 1. The van der Waals surface area contributed by atoms with Crippen molar-refractivity contribution in [2.45, 2.75) is 38.8 Å². The number of piperidine rings is 1. The van der Waals surface area contributed by atoms with Gasteiger partial charge in [0.25, 0.3) is 0 Å². The second-order valence-corrected chi connectivity index (χ2v) is 8.43. The molecule has 1 amide bonds. The highest BCUT2D eigenvalue weighted by molar-refractivity contribution is 6.36. The van der Waals surface area contributed by atoms with E-state index in [0.29, 0.717) is 53.2 Å². The highest BCUT2D eigenvalue weighted by atomic mass is 35.5. The average Bonchev–Trinajstić information content (AvgIpc) is 2.79. The van der Waals surface area contributed by atoms with E-state index in [1.54, 1.807) is 18.2 Å². The quantitative estimate of drug-likeness (QED) is 0.466. The van der Waals surface area contributed by atoms with Crippen LogP contribution in [0.2, 0.25) is 5.02 Å². The molecular weight excluding hydrogens is 427 g/mol. The van der Waals surface area contributed by atoms with E-state index in [1.807, 2.05) is 37.3 Å². The van der Waals surface area contributed by atoms with Crippen LogP contribution >= 0.6 is 11.6 Å². The highest BCUT2D eigenvalue weighted by Crippen LogP contribution is 2.40. The zero-order chi connectivity index (χ0) is 22.7. The molecule has 6 heteroatoms. The van der Waals surface area contributed by atoms with Crippen molar-refractivity contribution in [1.82, 2.24) is 10.6 Å². The van der Waals surface area contributed by atoms with Gasteiger partial charge in [-0.1, -0.05) is 61.0 Å². The molecule has 0 spiro atoms. The summed E-state index contributed by atoms with van der Waals surface area (Å²) in [6, 6.07) is 16.2. The monoisotopic (exact) mass is 452 g/mol. The van der Waals surface area contributed by atoms with E-state index in [4.69, 9.17) is 11.6 Å². The summed E-state index contributed by atoms with van der Waals surface area (Å²) >= 11 is 6.73. The standard InChI is InChI=1S/C26H26ClFN2O2/c1-2-16-12-17(13-23(28)22(16)15-29-18-10-11-25(32)30-14-18)19-7-5-8-21(26(19)27)20-6-3-4-9-24(20)31/h3-9,12-13,18,29,31H,2,10-11,14-15H2,1H3,(H,30,32)/t18-/m1/s1. The first-order chi connectivity index (χ1) is 15.5. The van der Waals surface area contributed by atoms with Gasteiger partial charge in [-0.25, -0.2) is 4.39 Å². The number of nitrogens with one attached hydrogen (secondary N) is 2. The summed E-state index contributed by atoms with van der Waals surface area (Å²) in [5.74, 6) is -0.0706. The van der Waals surface area contributed by atoms with Crippen molar-refractivity contribution < 1.29 is 14.3 Å². The van der Waals surface area contributed by atoms with Gasteiger partial charge in [0.15, 0.2) is 0 Å². The fourth-order valence-corrected chi connectivity index (χ4v) is 4.52. The van der Waals surface area contributed by atoms with Crippen molar-refractivity contribution in [3.8, 4) is 28.0 Å². The van der Waals surface area contributed by atoms with Crippen molar-refractivity contribution in [1.29, 1.82) is 0 Å². The third-order valence-electron chi connectivity index (χ3n) is 6.01. The minimum Gasteiger partial charge on any atom is -0.507 e. The van der Waals surface area contributed by atoms with Crippen molar-refractivity contribution in [3.05, 3.63) is 76.6 Å². The summed E-state index contributed by atoms with van der Waals surface area (Å²) in [5, 5.41) is 16.9. The molecule has 4 nitrogen and oxygen atoms in total. The number of halogens is 2. The van der Waals surface area contributed by atoms with Gasteiger partial charge < -0.3 is 15.7 Å². The number of carbonyl (C=O) groups excluding carboxylic acids is 1. The molecule has 4 rings (SSSR count).